The first kappa shape index (κ1) is 13.2. The van der Waals surface area contributed by atoms with Gasteiger partial charge in [-0.3, -0.25) is 0 Å². The molecule has 0 radical (unpaired) electrons. The molecule has 0 aliphatic heterocycles. The molecule has 2 aromatic carbocycles. The second kappa shape index (κ2) is 6.11. The topological polar surface area (TPSA) is 53.7 Å². The highest BCUT2D eigenvalue weighted by molar-refractivity contribution is 5.44. The van der Waals surface area contributed by atoms with Crippen molar-refractivity contribution in [1.29, 1.82) is 0 Å². The number of rotatable bonds is 5. The van der Waals surface area contributed by atoms with Gasteiger partial charge in [0.1, 0.15) is 23.0 Å². The third kappa shape index (κ3) is 3.17. The van der Waals surface area contributed by atoms with Crippen molar-refractivity contribution >= 4 is 0 Å². The van der Waals surface area contributed by atoms with Crippen molar-refractivity contribution in [2.75, 3.05) is 14.2 Å². The molecule has 2 rings (SSSR count). The second-order valence-electron chi connectivity index (χ2n) is 3.96. The Balaban J connectivity index is 2.30. The van der Waals surface area contributed by atoms with Gasteiger partial charge in [-0.25, -0.2) is 0 Å². The fourth-order valence-electron chi connectivity index (χ4n) is 1.72. The third-order valence-corrected chi connectivity index (χ3v) is 2.76. The molecule has 0 aliphatic rings. The van der Waals surface area contributed by atoms with Gasteiger partial charge in [0.15, 0.2) is 0 Å². The van der Waals surface area contributed by atoms with E-state index in [1.807, 2.05) is 42.5 Å². The Morgan fingerprint density at radius 2 is 1.58 bits per heavy atom. The van der Waals surface area contributed by atoms with Gasteiger partial charge >= 0.3 is 0 Å². The minimum Gasteiger partial charge on any atom is -0.497 e. The van der Waals surface area contributed by atoms with E-state index < -0.39 is 0 Å². The van der Waals surface area contributed by atoms with Crippen LogP contribution in [0.15, 0.2) is 42.5 Å². The average Bonchev–Trinajstić information content (AvgIpc) is 2.47. The third-order valence-electron chi connectivity index (χ3n) is 2.76. The van der Waals surface area contributed by atoms with Crippen molar-refractivity contribution in [1.82, 2.24) is 0 Å². The molecule has 0 unspecified atom stereocenters. The molecule has 4 nitrogen and oxygen atoms in total. The Hall–Kier alpha value is -2.20. The highest BCUT2D eigenvalue weighted by Crippen LogP contribution is 2.30. The summed E-state index contributed by atoms with van der Waals surface area (Å²) >= 11 is 0. The lowest BCUT2D eigenvalue weighted by atomic mass is 10.2. The quantitative estimate of drug-likeness (QED) is 0.897. The number of benzene rings is 2. The van der Waals surface area contributed by atoms with Crippen LogP contribution >= 0.6 is 0 Å². The molecule has 19 heavy (non-hydrogen) atoms. The summed E-state index contributed by atoms with van der Waals surface area (Å²) in [4.78, 5) is 0. The zero-order valence-electron chi connectivity index (χ0n) is 11.1. The smallest absolute Gasteiger partial charge is 0.135 e. The first-order valence-electron chi connectivity index (χ1n) is 5.95. The Morgan fingerprint density at radius 3 is 2.26 bits per heavy atom. The first-order valence-corrected chi connectivity index (χ1v) is 5.95. The van der Waals surface area contributed by atoms with Gasteiger partial charge in [-0.15, -0.1) is 0 Å². The highest BCUT2D eigenvalue weighted by atomic mass is 16.5. The lowest BCUT2D eigenvalue weighted by molar-refractivity contribution is 0.403. The summed E-state index contributed by atoms with van der Waals surface area (Å²) in [5.41, 5.74) is 6.63. The Kier molecular flexibility index (Phi) is 4.26. The molecule has 0 saturated carbocycles. The van der Waals surface area contributed by atoms with E-state index in [0.29, 0.717) is 18.0 Å². The highest BCUT2D eigenvalue weighted by Gasteiger charge is 2.06. The second-order valence-corrected chi connectivity index (χ2v) is 3.96. The fraction of sp³-hybridized carbons (Fsp3) is 0.200. The molecule has 0 atom stereocenters. The lowest BCUT2D eigenvalue weighted by Gasteiger charge is -2.12. The molecule has 0 aromatic heterocycles. The van der Waals surface area contributed by atoms with E-state index in [-0.39, 0.29) is 0 Å². The van der Waals surface area contributed by atoms with Gasteiger partial charge in [0.25, 0.3) is 0 Å². The average molecular weight is 259 g/mol. The van der Waals surface area contributed by atoms with Crippen LogP contribution in [0.4, 0.5) is 0 Å². The summed E-state index contributed by atoms with van der Waals surface area (Å²) in [5, 5.41) is 0. The van der Waals surface area contributed by atoms with Gasteiger partial charge in [0.05, 0.1) is 14.2 Å². The van der Waals surface area contributed by atoms with Crippen LogP contribution in [0.25, 0.3) is 0 Å². The minimum atomic E-state index is 0.406. The van der Waals surface area contributed by atoms with Crippen molar-refractivity contribution in [3.8, 4) is 23.0 Å². The van der Waals surface area contributed by atoms with Gasteiger partial charge in [0.2, 0.25) is 0 Å². The van der Waals surface area contributed by atoms with Gasteiger partial charge < -0.3 is 19.9 Å². The van der Waals surface area contributed by atoms with E-state index in [0.717, 1.165) is 17.1 Å². The molecule has 0 aliphatic carbocycles. The van der Waals surface area contributed by atoms with E-state index in [1.165, 1.54) is 0 Å². The predicted octanol–water partition coefficient (Wildman–Crippen LogP) is 2.95. The van der Waals surface area contributed by atoms with Crippen molar-refractivity contribution in [2.24, 2.45) is 5.73 Å². The SMILES string of the molecule is COc1cccc(Oc2cc(OC)ccc2CN)c1. The van der Waals surface area contributed by atoms with Gasteiger partial charge in [-0.05, 0) is 18.2 Å². The van der Waals surface area contributed by atoms with E-state index >= 15 is 0 Å². The normalized spacial score (nSPS) is 10.1. The van der Waals surface area contributed by atoms with Gasteiger partial charge in [0, 0.05) is 24.2 Å². The zero-order chi connectivity index (χ0) is 13.7. The zero-order valence-corrected chi connectivity index (χ0v) is 11.1. The standard InChI is InChI=1S/C15H17NO3/c1-17-12-4-3-5-14(8-12)19-15-9-13(18-2)7-6-11(15)10-16/h3-9H,10,16H2,1-2H3. The number of hydrogen-bond acceptors (Lipinski definition) is 4. The number of nitrogens with two attached hydrogens (primary N) is 1. The summed E-state index contributed by atoms with van der Waals surface area (Å²) in [6, 6.07) is 13.0. The molecule has 0 fully saturated rings. The molecule has 2 aromatic rings. The van der Waals surface area contributed by atoms with Crippen LogP contribution in [0.3, 0.4) is 0 Å². The minimum absolute atomic E-state index is 0.406. The Morgan fingerprint density at radius 1 is 0.895 bits per heavy atom. The molecule has 0 saturated heterocycles. The van der Waals surface area contributed by atoms with Crippen molar-refractivity contribution in [2.45, 2.75) is 6.54 Å². The van der Waals surface area contributed by atoms with Crippen molar-refractivity contribution in [3.05, 3.63) is 48.0 Å². The van der Waals surface area contributed by atoms with E-state index in [4.69, 9.17) is 19.9 Å². The van der Waals surface area contributed by atoms with E-state index in [9.17, 15) is 0 Å². The van der Waals surface area contributed by atoms with Crippen LogP contribution in [0.1, 0.15) is 5.56 Å². The molecular formula is C15H17NO3. The largest absolute Gasteiger partial charge is 0.497 e. The summed E-state index contributed by atoms with van der Waals surface area (Å²) < 4.78 is 16.2. The molecule has 4 heteroatoms. The molecule has 0 spiro atoms. The van der Waals surface area contributed by atoms with Crippen LogP contribution in [0, 0.1) is 0 Å². The van der Waals surface area contributed by atoms with Crippen LogP contribution < -0.4 is 19.9 Å². The first-order chi connectivity index (χ1) is 9.26. The molecule has 0 bridgehead atoms. The summed E-state index contributed by atoms with van der Waals surface area (Å²) in [5.74, 6) is 2.86. The Labute approximate surface area is 112 Å². The number of methoxy groups -OCH3 is 2. The fourth-order valence-corrected chi connectivity index (χ4v) is 1.72. The maximum absolute atomic E-state index is 5.85. The maximum atomic E-state index is 5.85. The van der Waals surface area contributed by atoms with E-state index in [2.05, 4.69) is 0 Å². The molecule has 0 heterocycles. The van der Waals surface area contributed by atoms with Crippen molar-refractivity contribution < 1.29 is 14.2 Å². The number of ether oxygens (including phenoxy) is 3. The van der Waals surface area contributed by atoms with Crippen LogP contribution in [0.5, 0.6) is 23.0 Å². The predicted molar refractivity (Wildman–Crippen MR) is 74.0 cm³/mol. The van der Waals surface area contributed by atoms with Crippen LogP contribution in [-0.4, -0.2) is 14.2 Å². The summed E-state index contributed by atoms with van der Waals surface area (Å²) in [7, 11) is 3.24. The summed E-state index contributed by atoms with van der Waals surface area (Å²) in [6.07, 6.45) is 0. The molecular weight excluding hydrogens is 242 g/mol. The van der Waals surface area contributed by atoms with Gasteiger partial charge in [-0.2, -0.15) is 0 Å². The lowest BCUT2D eigenvalue weighted by Crippen LogP contribution is -2.00. The monoisotopic (exact) mass is 259 g/mol. The number of hydrogen-bond donors (Lipinski definition) is 1. The molecule has 0 amide bonds. The molecule has 100 valence electrons. The van der Waals surface area contributed by atoms with Gasteiger partial charge in [-0.1, -0.05) is 12.1 Å². The van der Waals surface area contributed by atoms with Crippen LogP contribution in [-0.2, 0) is 6.54 Å². The Bertz CT molecular complexity index is 555. The van der Waals surface area contributed by atoms with Crippen molar-refractivity contribution in [3.63, 3.8) is 0 Å². The van der Waals surface area contributed by atoms with Crippen LogP contribution in [0.2, 0.25) is 0 Å². The summed E-state index contributed by atoms with van der Waals surface area (Å²) in [6.45, 7) is 0.406. The van der Waals surface area contributed by atoms with E-state index in [1.54, 1.807) is 14.2 Å². The maximum Gasteiger partial charge on any atom is 0.135 e. The molecule has 2 N–H and O–H groups in total.